The average molecular weight is 479 g/mol. The van der Waals surface area contributed by atoms with Gasteiger partial charge in [0.2, 0.25) is 0 Å². The second-order valence-electron chi connectivity index (χ2n) is 5.34. The number of rotatable bonds is 11. The van der Waals surface area contributed by atoms with Crippen molar-refractivity contribution in [3.05, 3.63) is 23.5 Å². The van der Waals surface area contributed by atoms with E-state index in [4.69, 9.17) is 23.7 Å². The summed E-state index contributed by atoms with van der Waals surface area (Å²) in [7, 11) is -8.22. The third-order valence-corrected chi connectivity index (χ3v) is 5.70. The van der Waals surface area contributed by atoms with Gasteiger partial charge >= 0.3 is 5.97 Å². The molecule has 2 unspecified atom stereocenters. The SMILES string of the molecule is O=C(O)C1=CC(OCCCS(=O)(=O)O)C(Br)C(OCCCS(=O)(=O)O)=C1. The quantitative estimate of drug-likeness (QED) is 0.217. The minimum absolute atomic E-state index is 0.00188. The molecule has 0 saturated carbocycles. The molecule has 1 aliphatic rings. The van der Waals surface area contributed by atoms with Gasteiger partial charge in [-0.3, -0.25) is 9.11 Å². The molecule has 2 atom stereocenters. The fraction of sp³-hybridized carbons (Fsp3) is 0.615. The second kappa shape index (κ2) is 9.80. The molecule has 150 valence electrons. The van der Waals surface area contributed by atoms with Crippen molar-refractivity contribution >= 4 is 42.1 Å². The van der Waals surface area contributed by atoms with Crippen LogP contribution in [0, 0.1) is 0 Å². The van der Waals surface area contributed by atoms with E-state index in [0.29, 0.717) is 0 Å². The summed E-state index contributed by atoms with van der Waals surface area (Å²) in [6.07, 6.45) is 1.82. The van der Waals surface area contributed by atoms with Crippen LogP contribution in [0.4, 0.5) is 0 Å². The van der Waals surface area contributed by atoms with Gasteiger partial charge in [-0.1, -0.05) is 15.9 Å². The van der Waals surface area contributed by atoms with Gasteiger partial charge in [-0.25, -0.2) is 4.79 Å². The average Bonchev–Trinajstić information content (AvgIpc) is 2.48. The van der Waals surface area contributed by atoms with Gasteiger partial charge in [0.05, 0.1) is 29.8 Å². The molecular formula is C13H19BrO10S2. The number of ether oxygens (including phenoxy) is 2. The van der Waals surface area contributed by atoms with Gasteiger partial charge in [0, 0.05) is 6.61 Å². The largest absolute Gasteiger partial charge is 0.497 e. The first-order valence-electron chi connectivity index (χ1n) is 7.34. The predicted octanol–water partition coefficient (Wildman–Crippen LogP) is 0.616. The van der Waals surface area contributed by atoms with Crippen LogP contribution in [0.15, 0.2) is 23.5 Å². The van der Waals surface area contributed by atoms with Gasteiger partial charge in [0.25, 0.3) is 20.2 Å². The van der Waals surface area contributed by atoms with E-state index >= 15 is 0 Å². The lowest BCUT2D eigenvalue weighted by Crippen LogP contribution is -2.30. The fourth-order valence-electron chi connectivity index (χ4n) is 1.98. The first kappa shape index (κ1) is 23.0. The zero-order valence-corrected chi connectivity index (χ0v) is 16.7. The molecule has 0 saturated heterocycles. The van der Waals surface area contributed by atoms with Crippen LogP contribution < -0.4 is 0 Å². The number of carbonyl (C=O) groups is 1. The highest BCUT2D eigenvalue weighted by Gasteiger charge is 2.29. The zero-order valence-electron chi connectivity index (χ0n) is 13.4. The van der Waals surface area contributed by atoms with E-state index in [2.05, 4.69) is 15.9 Å². The molecular weight excluding hydrogens is 460 g/mol. The number of aliphatic carboxylic acids is 1. The molecule has 1 aliphatic carbocycles. The Labute approximate surface area is 159 Å². The zero-order chi connectivity index (χ0) is 20.0. The van der Waals surface area contributed by atoms with Crippen molar-refractivity contribution in [2.45, 2.75) is 23.8 Å². The van der Waals surface area contributed by atoms with Gasteiger partial charge in [-0.15, -0.1) is 0 Å². The standard InChI is InChI=1S/C13H19BrO10S2/c14-12-10(23-3-1-5-25(17,18)19)7-9(13(15)16)8-11(12)24-4-2-6-26(20,21)22/h7-8,10,12H,1-6H2,(H,15,16)(H,17,18,19)(H,20,21,22). The monoisotopic (exact) mass is 478 g/mol. The van der Waals surface area contributed by atoms with Gasteiger partial charge in [0.1, 0.15) is 10.6 Å². The highest BCUT2D eigenvalue weighted by atomic mass is 79.9. The lowest BCUT2D eigenvalue weighted by atomic mass is 10.0. The van der Waals surface area contributed by atoms with Gasteiger partial charge in [0.15, 0.2) is 0 Å². The molecule has 3 N–H and O–H groups in total. The van der Waals surface area contributed by atoms with Gasteiger partial charge < -0.3 is 14.6 Å². The van der Waals surface area contributed by atoms with Crippen molar-refractivity contribution in [3.8, 4) is 0 Å². The molecule has 0 aromatic rings. The fourth-order valence-corrected chi connectivity index (χ4v) is 3.52. The number of carboxylic acids is 1. The number of hydrogen-bond acceptors (Lipinski definition) is 7. The molecule has 10 nitrogen and oxygen atoms in total. The summed E-state index contributed by atoms with van der Waals surface area (Å²) < 4.78 is 70.8. The Balaban J connectivity index is 2.67. The Hall–Kier alpha value is -0.990. The maximum absolute atomic E-state index is 11.2. The molecule has 0 radical (unpaired) electrons. The number of halogens is 1. The van der Waals surface area contributed by atoms with Crippen LogP contribution in [-0.4, -0.2) is 72.7 Å². The maximum Gasteiger partial charge on any atom is 0.335 e. The third-order valence-electron chi connectivity index (χ3n) is 3.12. The van der Waals surface area contributed by atoms with Crippen LogP contribution in [0.3, 0.4) is 0 Å². The van der Waals surface area contributed by atoms with E-state index < -0.39 is 48.6 Å². The summed E-state index contributed by atoms with van der Waals surface area (Å²) in [5.41, 5.74) is -0.106. The molecule has 26 heavy (non-hydrogen) atoms. The van der Waals surface area contributed by atoms with Crippen molar-refractivity contribution in [1.82, 2.24) is 0 Å². The van der Waals surface area contributed by atoms with Crippen LogP contribution in [0.1, 0.15) is 12.8 Å². The molecule has 0 bridgehead atoms. The maximum atomic E-state index is 11.2. The lowest BCUT2D eigenvalue weighted by Gasteiger charge is -2.26. The Morgan fingerprint density at radius 3 is 2.12 bits per heavy atom. The molecule has 0 heterocycles. The highest BCUT2D eigenvalue weighted by molar-refractivity contribution is 9.09. The minimum atomic E-state index is -4.11. The summed E-state index contributed by atoms with van der Waals surface area (Å²) in [5.74, 6) is -2.02. The number of hydrogen-bond donors (Lipinski definition) is 3. The van der Waals surface area contributed by atoms with Crippen LogP contribution in [-0.2, 0) is 34.5 Å². The summed E-state index contributed by atoms with van der Waals surface area (Å²) in [4.78, 5) is 10.6. The molecule has 0 aromatic carbocycles. The van der Waals surface area contributed by atoms with E-state index in [1.807, 2.05) is 0 Å². The Kier molecular flexibility index (Phi) is 8.69. The van der Waals surface area contributed by atoms with Crippen LogP contribution in [0.25, 0.3) is 0 Å². The van der Waals surface area contributed by atoms with Gasteiger partial charge in [-0.05, 0) is 25.0 Å². The molecule has 0 aromatic heterocycles. The molecule has 13 heteroatoms. The van der Waals surface area contributed by atoms with Crippen LogP contribution >= 0.6 is 15.9 Å². The lowest BCUT2D eigenvalue weighted by molar-refractivity contribution is -0.132. The van der Waals surface area contributed by atoms with Crippen molar-refractivity contribution < 1.29 is 45.3 Å². The third kappa shape index (κ3) is 9.09. The van der Waals surface area contributed by atoms with Crippen LogP contribution in [0.5, 0.6) is 0 Å². The Morgan fingerprint density at radius 2 is 1.62 bits per heavy atom. The van der Waals surface area contributed by atoms with Crippen molar-refractivity contribution in [2.24, 2.45) is 0 Å². The summed E-state index contributed by atoms with van der Waals surface area (Å²) in [6, 6.07) is 0. The summed E-state index contributed by atoms with van der Waals surface area (Å²) in [6.45, 7) is -0.123. The molecule has 0 amide bonds. The summed E-state index contributed by atoms with van der Waals surface area (Å²) >= 11 is 3.29. The molecule has 0 fully saturated rings. The van der Waals surface area contributed by atoms with Gasteiger partial charge in [-0.2, -0.15) is 16.8 Å². The minimum Gasteiger partial charge on any atom is -0.497 e. The Morgan fingerprint density at radius 1 is 1.08 bits per heavy atom. The van der Waals surface area contributed by atoms with E-state index in [-0.39, 0.29) is 37.4 Å². The second-order valence-corrected chi connectivity index (χ2v) is 9.47. The summed E-state index contributed by atoms with van der Waals surface area (Å²) in [5, 5.41) is 9.15. The topological polar surface area (TPSA) is 164 Å². The number of alkyl halides is 1. The van der Waals surface area contributed by atoms with E-state index in [1.54, 1.807) is 0 Å². The number of carboxylic acid groups (broad SMARTS) is 1. The molecule has 0 spiro atoms. The van der Waals surface area contributed by atoms with Crippen LogP contribution in [0.2, 0.25) is 0 Å². The first-order chi connectivity index (χ1) is 11.9. The molecule has 1 rings (SSSR count). The van der Waals surface area contributed by atoms with Crippen molar-refractivity contribution in [2.75, 3.05) is 24.7 Å². The van der Waals surface area contributed by atoms with Crippen molar-refractivity contribution in [1.29, 1.82) is 0 Å². The smallest absolute Gasteiger partial charge is 0.335 e. The Bertz CT molecular complexity index is 769. The highest BCUT2D eigenvalue weighted by Crippen LogP contribution is 2.28. The van der Waals surface area contributed by atoms with E-state index in [1.165, 1.54) is 12.2 Å². The predicted molar refractivity (Wildman–Crippen MR) is 94.3 cm³/mol. The normalized spacial score (nSPS) is 21.0. The van der Waals surface area contributed by atoms with Crippen molar-refractivity contribution in [3.63, 3.8) is 0 Å². The van der Waals surface area contributed by atoms with E-state index in [9.17, 15) is 21.6 Å². The first-order valence-corrected chi connectivity index (χ1v) is 11.5. The molecule has 0 aliphatic heterocycles. The van der Waals surface area contributed by atoms with E-state index in [0.717, 1.165) is 0 Å².